The number of carbonyl (C=O) groups excluding carboxylic acids is 1. The minimum Gasteiger partial charge on any atom is -0.338 e. The van der Waals surface area contributed by atoms with Gasteiger partial charge >= 0.3 is 0 Å². The van der Waals surface area contributed by atoms with Crippen LogP contribution in [0.15, 0.2) is 24.3 Å². The van der Waals surface area contributed by atoms with Crippen LogP contribution >= 0.6 is 0 Å². The monoisotopic (exact) mass is 341 g/mol. The largest absolute Gasteiger partial charge is 0.338 e. The van der Waals surface area contributed by atoms with Crippen molar-refractivity contribution in [2.75, 3.05) is 13.1 Å². The molecule has 132 valence electrons. The molecule has 2 N–H and O–H groups in total. The maximum absolute atomic E-state index is 13.8. The van der Waals surface area contributed by atoms with Crippen molar-refractivity contribution >= 4 is 16.8 Å². The van der Waals surface area contributed by atoms with E-state index in [1.807, 2.05) is 11.0 Å². The molecule has 1 aliphatic carbocycles. The first kappa shape index (κ1) is 16.5. The Bertz CT molecular complexity index is 844. The van der Waals surface area contributed by atoms with Gasteiger partial charge in [-0.05, 0) is 48.9 Å². The molecule has 1 saturated heterocycles. The van der Waals surface area contributed by atoms with Crippen LogP contribution in [0.1, 0.15) is 55.1 Å². The van der Waals surface area contributed by atoms with Crippen molar-refractivity contribution in [2.24, 2.45) is 11.1 Å². The van der Waals surface area contributed by atoms with E-state index < -0.39 is 0 Å². The van der Waals surface area contributed by atoms with Crippen LogP contribution in [0.25, 0.3) is 10.9 Å². The molecule has 2 aromatic rings. The fraction of sp³-hybridized carbons (Fsp3) is 0.500. The summed E-state index contributed by atoms with van der Waals surface area (Å²) in [5.74, 6) is 0.0515. The number of aromatic nitrogens is 1. The molecule has 2 aliphatic rings. The summed E-state index contributed by atoms with van der Waals surface area (Å²) < 4.78 is 13.8. The Morgan fingerprint density at radius 2 is 2.04 bits per heavy atom. The highest BCUT2D eigenvalue weighted by atomic mass is 19.1. The molecule has 1 atom stereocenters. The lowest BCUT2D eigenvalue weighted by Gasteiger charge is -2.42. The smallest absolute Gasteiger partial charge is 0.254 e. The summed E-state index contributed by atoms with van der Waals surface area (Å²) in [7, 11) is 0. The SMILES string of the molecule is CC1(C)CN(C(=O)c2cc(C3CC3)nc3ccc(F)cc23)CCC1N. The number of rotatable bonds is 2. The number of amides is 1. The van der Waals surface area contributed by atoms with Crippen LogP contribution in [0.4, 0.5) is 4.39 Å². The molecule has 1 unspecified atom stereocenters. The maximum atomic E-state index is 13.8. The van der Waals surface area contributed by atoms with Crippen LogP contribution in [0, 0.1) is 11.2 Å². The van der Waals surface area contributed by atoms with E-state index in [0.717, 1.165) is 25.0 Å². The molecule has 1 amide bonds. The fourth-order valence-corrected chi connectivity index (χ4v) is 3.70. The highest BCUT2D eigenvalue weighted by molar-refractivity contribution is 6.06. The molecule has 0 spiro atoms. The van der Waals surface area contributed by atoms with Crippen molar-refractivity contribution in [1.29, 1.82) is 0 Å². The van der Waals surface area contributed by atoms with Gasteiger partial charge in [-0.25, -0.2) is 4.39 Å². The third-order valence-corrected chi connectivity index (χ3v) is 5.62. The molecule has 5 heteroatoms. The Labute approximate surface area is 147 Å². The maximum Gasteiger partial charge on any atom is 0.254 e. The van der Waals surface area contributed by atoms with Gasteiger partial charge in [0, 0.05) is 36.1 Å². The highest BCUT2D eigenvalue weighted by Gasteiger charge is 2.36. The van der Waals surface area contributed by atoms with E-state index in [-0.39, 0.29) is 23.2 Å². The molecule has 2 fully saturated rings. The summed E-state index contributed by atoms with van der Waals surface area (Å²) in [6.07, 6.45) is 3.00. The van der Waals surface area contributed by atoms with E-state index in [1.54, 1.807) is 6.07 Å². The summed E-state index contributed by atoms with van der Waals surface area (Å²) in [6.45, 7) is 5.44. The van der Waals surface area contributed by atoms with Crippen LogP contribution < -0.4 is 5.73 Å². The zero-order valence-electron chi connectivity index (χ0n) is 14.8. The third kappa shape index (κ3) is 3.01. The highest BCUT2D eigenvalue weighted by Crippen LogP contribution is 2.40. The fourth-order valence-electron chi connectivity index (χ4n) is 3.70. The van der Waals surface area contributed by atoms with Crippen LogP contribution in [0.3, 0.4) is 0 Å². The number of benzene rings is 1. The topological polar surface area (TPSA) is 59.2 Å². The first-order valence-corrected chi connectivity index (χ1v) is 9.00. The molecule has 1 aromatic heterocycles. The minimum absolute atomic E-state index is 0.0418. The summed E-state index contributed by atoms with van der Waals surface area (Å²) in [5, 5.41) is 0.599. The standard InChI is InChI=1S/C20H24FN3O/c1-20(2)11-24(8-7-18(20)22)19(25)15-10-17(12-3-4-12)23-16-6-5-13(21)9-14(15)16/h5-6,9-10,12,18H,3-4,7-8,11,22H2,1-2H3. The first-order valence-electron chi connectivity index (χ1n) is 9.00. The molecule has 2 heterocycles. The normalized spacial score (nSPS) is 23.0. The molecule has 4 rings (SSSR count). The van der Waals surface area contributed by atoms with Gasteiger partial charge in [0.25, 0.3) is 5.91 Å². The molecular weight excluding hydrogens is 317 g/mol. The number of pyridine rings is 1. The van der Waals surface area contributed by atoms with E-state index in [0.29, 0.717) is 35.5 Å². The van der Waals surface area contributed by atoms with Gasteiger partial charge < -0.3 is 10.6 Å². The number of fused-ring (bicyclic) bond motifs is 1. The number of likely N-dealkylation sites (tertiary alicyclic amines) is 1. The Hall–Kier alpha value is -2.01. The summed E-state index contributed by atoms with van der Waals surface area (Å²) in [4.78, 5) is 19.8. The number of hydrogen-bond donors (Lipinski definition) is 1. The van der Waals surface area contributed by atoms with E-state index >= 15 is 0 Å². The number of carbonyl (C=O) groups is 1. The van der Waals surface area contributed by atoms with Crippen molar-refractivity contribution in [3.8, 4) is 0 Å². The molecule has 1 aromatic carbocycles. The lowest BCUT2D eigenvalue weighted by Crippen LogP contribution is -2.54. The summed E-state index contributed by atoms with van der Waals surface area (Å²) in [6, 6.07) is 6.47. The van der Waals surface area contributed by atoms with Crippen LogP contribution in [-0.4, -0.2) is 34.9 Å². The second kappa shape index (κ2) is 5.77. The lowest BCUT2D eigenvalue weighted by atomic mass is 9.79. The number of nitrogens with zero attached hydrogens (tertiary/aromatic N) is 2. The van der Waals surface area contributed by atoms with Gasteiger partial charge in [-0.1, -0.05) is 13.8 Å². The van der Waals surface area contributed by atoms with Crippen molar-refractivity contribution in [3.05, 3.63) is 41.3 Å². The molecular formula is C20H24FN3O. The van der Waals surface area contributed by atoms with E-state index in [4.69, 9.17) is 5.73 Å². The molecule has 0 bridgehead atoms. The first-order chi connectivity index (χ1) is 11.8. The van der Waals surface area contributed by atoms with Crippen molar-refractivity contribution < 1.29 is 9.18 Å². The lowest BCUT2D eigenvalue weighted by molar-refractivity contribution is 0.0534. The summed E-state index contributed by atoms with van der Waals surface area (Å²) in [5.41, 5.74) is 8.29. The number of piperidine rings is 1. The second-order valence-electron chi connectivity index (χ2n) is 8.14. The Morgan fingerprint density at radius 1 is 1.28 bits per heavy atom. The van der Waals surface area contributed by atoms with Gasteiger partial charge in [-0.15, -0.1) is 0 Å². The number of halogens is 1. The van der Waals surface area contributed by atoms with Gasteiger partial charge in [0.1, 0.15) is 5.82 Å². The Morgan fingerprint density at radius 3 is 2.72 bits per heavy atom. The Kier molecular flexibility index (Phi) is 3.80. The van der Waals surface area contributed by atoms with Gasteiger partial charge in [-0.3, -0.25) is 9.78 Å². The van der Waals surface area contributed by atoms with Gasteiger partial charge in [0.15, 0.2) is 0 Å². The van der Waals surface area contributed by atoms with Crippen molar-refractivity contribution in [1.82, 2.24) is 9.88 Å². The predicted octanol–water partition coefficient (Wildman–Crippen LogP) is 3.45. The van der Waals surface area contributed by atoms with Gasteiger partial charge in [0.2, 0.25) is 0 Å². The molecule has 25 heavy (non-hydrogen) atoms. The molecule has 0 radical (unpaired) electrons. The van der Waals surface area contributed by atoms with Crippen LogP contribution in [0.2, 0.25) is 0 Å². The average molecular weight is 341 g/mol. The van der Waals surface area contributed by atoms with Gasteiger partial charge in [-0.2, -0.15) is 0 Å². The van der Waals surface area contributed by atoms with Crippen molar-refractivity contribution in [2.45, 2.75) is 45.1 Å². The number of nitrogens with two attached hydrogens (primary N) is 1. The minimum atomic E-state index is -0.344. The molecule has 1 aliphatic heterocycles. The Balaban J connectivity index is 1.76. The molecule has 1 saturated carbocycles. The van der Waals surface area contributed by atoms with E-state index in [1.165, 1.54) is 12.1 Å². The quantitative estimate of drug-likeness (QED) is 0.910. The average Bonchev–Trinajstić information content (AvgIpc) is 3.40. The zero-order chi connectivity index (χ0) is 17.8. The molecule has 4 nitrogen and oxygen atoms in total. The third-order valence-electron chi connectivity index (χ3n) is 5.62. The van der Waals surface area contributed by atoms with Crippen LogP contribution in [-0.2, 0) is 0 Å². The summed E-state index contributed by atoms with van der Waals surface area (Å²) >= 11 is 0. The van der Waals surface area contributed by atoms with E-state index in [9.17, 15) is 9.18 Å². The van der Waals surface area contributed by atoms with Crippen molar-refractivity contribution in [3.63, 3.8) is 0 Å². The van der Waals surface area contributed by atoms with Crippen LogP contribution in [0.5, 0.6) is 0 Å². The van der Waals surface area contributed by atoms with Gasteiger partial charge in [0.05, 0.1) is 11.1 Å². The predicted molar refractivity (Wildman–Crippen MR) is 96.0 cm³/mol. The zero-order valence-corrected chi connectivity index (χ0v) is 14.8. The van der Waals surface area contributed by atoms with E-state index in [2.05, 4.69) is 18.8 Å². The second-order valence-corrected chi connectivity index (χ2v) is 8.14. The number of hydrogen-bond acceptors (Lipinski definition) is 3.